The summed E-state index contributed by atoms with van der Waals surface area (Å²) in [6, 6.07) is 6.30. The molecule has 1 aliphatic carbocycles. The molecular formula is C24H38N2O4. The highest BCUT2D eigenvalue weighted by Crippen LogP contribution is 2.21. The van der Waals surface area contributed by atoms with E-state index in [0.717, 1.165) is 6.04 Å². The van der Waals surface area contributed by atoms with Gasteiger partial charge >= 0.3 is 11.9 Å². The molecule has 1 aromatic rings. The molecule has 0 unspecified atom stereocenters. The van der Waals surface area contributed by atoms with Crippen molar-refractivity contribution >= 4 is 11.9 Å². The molecule has 0 bridgehead atoms. The van der Waals surface area contributed by atoms with Gasteiger partial charge in [-0.3, -0.25) is 5.43 Å². The van der Waals surface area contributed by atoms with E-state index in [-0.39, 0.29) is 11.1 Å². The molecule has 6 heteroatoms. The van der Waals surface area contributed by atoms with Crippen molar-refractivity contribution < 1.29 is 19.8 Å². The van der Waals surface area contributed by atoms with E-state index in [1.165, 1.54) is 121 Å². The zero-order chi connectivity index (χ0) is 21.6. The standard InChI is InChI=1S/C16H32N2.C8H6O4/c1-2-5-9-13-16(12-8-4-1)18-15-11-7-3-6-10-14-17-18;9-7(10)5-3-1-2-4-6(5)8(11)12/h16-17H,1-15H2;1-4H,(H,9,10)(H,11,12). The zero-order valence-electron chi connectivity index (χ0n) is 18.2. The number of carboxylic acid groups (broad SMARTS) is 2. The van der Waals surface area contributed by atoms with Crippen LogP contribution < -0.4 is 5.43 Å². The van der Waals surface area contributed by atoms with E-state index >= 15 is 0 Å². The quantitative estimate of drug-likeness (QED) is 0.614. The fourth-order valence-corrected chi connectivity index (χ4v) is 4.33. The number of carbonyl (C=O) groups is 2. The molecule has 6 nitrogen and oxygen atoms in total. The van der Waals surface area contributed by atoms with Crippen molar-refractivity contribution in [1.29, 1.82) is 0 Å². The Morgan fingerprint density at radius 1 is 0.733 bits per heavy atom. The van der Waals surface area contributed by atoms with Crippen LogP contribution in [0.3, 0.4) is 0 Å². The van der Waals surface area contributed by atoms with Crippen LogP contribution in [0.5, 0.6) is 0 Å². The summed E-state index contributed by atoms with van der Waals surface area (Å²) < 4.78 is 0. The number of aromatic carboxylic acids is 2. The van der Waals surface area contributed by atoms with Crippen LogP contribution in [0.2, 0.25) is 0 Å². The summed E-state index contributed by atoms with van der Waals surface area (Å²) in [6.45, 7) is 2.49. The van der Waals surface area contributed by atoms with E-state index in [1.54, 1.807) is 0 Å². The molecule has 1 heterocycles. The monoisotopic (exact) mass is 418 g/mol. The second-order valence-electron chi connectivity index (χ2n) is 8.38. The van der Waals surface area contributed by atoms with Crippen molar-refractivity contribution in [3.63, 3.8) is 0 Å². The molecule has 30 heavy (non-hydrogen) atoms. The predicted octanol–water partition coefficient (Wildman–Crippen LogP) is 5.34. The first-order chi connectivity index (χ1) is 14.6. The maximum Gasteiger partial charge on any atom is 0.336 e. The Morgan fingerprint density at radius 3 is 1.73 bits per heavy atom. The topological polar surface area (TPSA) is 89.9 Å². The summed E-state index contributed by atoms with van der Waals surface area (Å²) in [5.41, 5.74) is 3.35. The molecule has 0 aromatic heterocycles. The van der Waals surface area contributed by atoms with Gasteiger partial charge in [0.2, 0.25) is 0 Å². The molecule has 3 rings (SSSR count). The molecule has 3 N–H and O–H groups in total. The number of rotatable bonds is 3. The molecule has 168 valence electrons. The lowest BCUT2D eigenvalue weighted by atomic mass is 10.0. The Bertz CT molecular complexity index is 575. The maximum atomic E-state index is 10.5. The molecule has 1 aromatic carbocycles. The number of nitrogens with one attached hydrogen (secondary N) is 1. The molecule has 2 aliphatic rings. The van der Waals surface area contributed by atoms with Gasteiger partial charge in [-0.05, 0) is 37.8 Å². The highest BCUT2D eigenvalue weighted by molar-refractivity contribution is 6.01. The number of hydrogen-bond donors (Lipinski definition) is 3. The SMILES string of the molecule is C1CCCCC(N2CCCCCCCN2)CCC1.O=C(O)c1ccccc1C(=O)O. The summed E-state index contributed by atoms with van der Waals surface area (Å²) in [5, 5.41) is 19.7. The van der Waals surface area contributed by atoms with Gasteiger partial charge in [0.25, 0.3) is 0 Å². The van der Waals surface area contributed by atoms with Crippen LogP contribution in [0.15, 0.2) is 24.3 Å². The molecular weight excluding hydrogens is 380 g/mol. The number of benzene rings is 1. The fourth-order valence-electron chi connectivity index (χ4n) is 4.33. The normalized spacial score (nSPS) is 20.1. The fraction of sp³-hybridized carbons (Fsp3) is 0.667. The highest BCUT2D eigenvalue weighted by Gasteiger charge is 2.19. The van der Waals surface area contributed by atoms with Gasteiger partial charge in [-0.2, -0.15) is 0 Å². The molecule has 1 aliphatic heterocycles. The maximum absolute atomic E-state index is 10.5. The van der Waals surface area contributed by atoms with E-state index < -0.39 is 11.9 Å². The van der Waals surface area contributed by atoms with Gasteiger partial charge in [-0.25, -0.2) is 14.6 Å². The first-order valence-electron chi connectivity index (χ1n) is 11.7. The Labute approximate surface area is 180 Å². The summed E-state index contributed by atoms with van der Waals surface area (Å²) in [4.78, 5) is 20.9. The second-order valence-corrected chi connectivity index (χ2v) is 8.38. The first kappa shape index (κ1) is 24.4. The van der Waals surface area contributed by atoms with Crippen LogP contribution in [0.4, 0.5) is 0 Å². The molecule has 1 saturated heterocycles. The average Bonchev–Trinajstić information content (AvgIpc) is 2.97. The van der Waals surface area contributed by atoms with Crippen LogP contribution in [0.25, 0.3) is 0 Å². The lowest BCUT2D eigenvalue weighted by Gasteiger charge is -2.32. The van der Waals surface area contributed by atoms with E-state index in [9.17, 15) is 9.59 Å². The zero-order valence-corrected chi connectivity index (χ0v) is 18.2. The smallest absolute Gasteiger partial charge is 0.336 e. The van der Waals surface area contributed by atoms with E-state index in [0.29, 0.717) is 0 Å². The third kappa shape index (κ3) is 8.84. The number of hydrogen-bond acceptors (Lipinski definition) is 4. The summed E-state index contributed by atoms with van der Waals surface area (Å²) in [6.07, 6.45) is 18.7. The predicted molar refractivity (Wildman–Crippen MR) is 119 cm³/mol. The van der Waals surface area contributed by atoms with E-state index in [2.05, 4.69) is 10.4 Å². The Hall–Kier alpha value is -1.92. The highest BCUT2D eigenvalue weighted by atomic mass is 16.4. The van der Waals surface area contributed by atoms with Crippen LogP contribution in [0, 0.1) is 0 Å². The van der Waals surface area contributed by atoms with Crippen molar-refractivity contribution in [2.75, 3.05) is 13.1 Å². The van der Waals surface area contributed by atoms with Gasteiger partial charge in [-0.1, -0.05) is 69.9 Å². The molecule has 0 spiro atoms. The van der Waals surface area contributed by atoms with Crippen molar-refractivity contribution in [3.8, 4) is 0 Å². The Balaban J connectivity index is 0.000000232. The van der Waals surface area contributed by atoms with Gasteiger partial charge in [0, 0.05) is 19.1 Å². The number of hydrazine groups is 1. The summed E-state index contributed by atoms with van der Waals surface area (Å²) >= 11 is 0. The molecule has 0 atom stereocenters. The average molecular weight is 419 g/mol. The summed E-state index contributed by atoms with van der Waals surface area (Å²) in [5.74, 6) is -2.46. The van der Waals surface area contributed by atoms with E-state index in [1.807, 2.05) is 0 Å². The summed E-state index contributed by atoms with van der Waals surface area (Å²) in [7, 11) is 0. The Morgan fingerprint density at radius 2 is 1.20 bits per heavy atom. The molecule has 0 radical (unpaired) electrons. The molecule has 0 amide bonds. The minimum absolute atomic E-state index is 0.190. The first-order valence-corrected chi connectivity index (χ1v) is 11.7. The molecule has 2 fully saturated rings. The third-order valence-electron chi connectivity index (χ3n) is 6.04. The third-order valence-corrected chi connectivity index (χ3v) is 6.04. The van der Waals surface area contributed by atoms with Crippen LogP contribution >= 0.6 is 0 Å². The van der Waals surface area contributed by atoms with Gasteiger partial charge in [-0.15, -0.1) is 0 Å². The minimum Gasteiger partial charge on any atom is -0.478 e. The van der Waals surface area contributed by atoms with E-state index in [4.69, 9.17) is 10.2 Å². The van der Waals surface area contributed by atoms with Gasteiger partial charge < -0.3 is 10.2 Å². The van der Waals surface area contributed by atoms with Gasteiger partial charge in [0.1, 0.15) is 0 Å². The van der Waals surface area contributed by atoms with Crippen molar-refractivity contribution in [2.45, 2.75) is 89.5 Å². The van der Waals surface area contributed by atoms with Crippen molar-refractivity contribution in [3.05, 3.63) is 35.4 Å². The van der Waals surface area contributed by atoms with Gasteiger partial charge in [0.05, 0.1) is 11.1 Å². The molecule has 1 saturated carbocycles. The lowest BCUT2D eigenvalue weighted by Crippen LogP contribution is -2.46. The van der Waals surface area contributed by atoms with Crippen LogP contribution in [0.1, 0.15) is 104 Å². The van der Waals surface area contributed by atoms with Crippen LogP contribution in [-0.4, -0.2) is 46.3 Å². The lowest BCUT2D eigenvalue weighted by molar-refractivity contribution is 0.0651. The second kappa shape index (κ2) is 14.1. The largest absolute Gasteiger partial charge is 0.478 e. The van der Waals surface area contributed by atoms with Crippen molar-refractivity contribution in [2.24, 2.45) is 0 Å². The van der Waals surface area contributed by atoms with Crippen molar-refractivity contribution in [1.82, 2.24) is 10.4 Å². The number of carboxylic acids is 2. The minimum atomic E-state index is -1.23. The van der Waals surface area contributed by atoms with Gasteiger partial charge in [0.15, 0.2) is 0 Å². The Kier molecular flexibility index (Phi) is 11.5. The number of nitrogens with zero attached hydrogens (tertiary/aromatic N) is 1. The van der Waals surface area contributed by atoms with Crippen LogP contribution in [-0.2, 0) is 0 Å².